The van der Waals surface area contributed by atoms with Crippen LogP contribution in [0.3, 0.4) is 0 Å². The number of nitrogens with one attached hydrogen (secondary N) is 1. The molecule has 1 N–H and O–H groups in total. The lowest BCUT2D eigenvalue weighted by Crippen LogP contribution is -2.09. The molecule has 0 spiro atoms. The maximum Gasteiger partial charge on any atom is 0.0618 e. The van der Waals surface area contributed by atoms with Gasteiger partial charge in [0.1, 0.15) is 0 Å². The van der Waals surface area contributed by atoms with Gasteiger partial charge in [-0.25, -0.2) is 0 Å². The molecule has 4 rings (SSSR count). The van der Waals surface area contributed by atoms with Gasteiger partial charge >= 0.3 is 0 Å². The van der Waals surface area contributed by atoms with E-state index in [0.29, 0.717) is 6.04 Å². The van der Waals surface area contributed by atoms with Crippen molar-refractivity contribution in [2.24, 2.45) is 0 Å². The summed E-state index contributed by atoms with van der Waals surface area (Å²) in [6.45, 7) is 0. The standard InChI is InChI=1S/C18H15NS/c1-2-6-14-11-15(10-9-13(14)5-1)19-17-12-20-18-8-4-3-7-16(17)18/h1-11,17,19H,12H2. The van der Waals surface area contributed by atoms with Crippen LogP contribution in [0.25, 0.3) is 10.8 Å². The monoisotopic (exact) mass is 277 g/mol. The molecule has 0 saturated carbocycles. The fourth-order valence-corrected chi connectivity index (χ4v) is 3.92. The molecule has 1 aliphatic heterocycles. The van der Waals surface area contributed by atoms with Crippen LogP contribution < -0.4 is 5.32 Å². The van der Waals surface area contributed by atoms with Crippen molar-refractivity contribution in [3.05, 3.63) is 72.3 Å². The molecule has 1 heterocycles. The fourth-order valence-electron chi connectivity index (χ4n) is 2.76. The van der Waals surface area contributed by atoms with Gasteiger partial charge in [0.15, 0.2) is 0 Å². The van der Waals surface area contributed by atoms with E-state index < -0.39 is 0 Å². The molecule has 3 aromatic carbocycles. The third kappa shape index (κ3) is 2.06. The minimum absolute atomic E-state index is 0.414. The zero-order valence-electron chi connectivity index (χ0n) is 11.0. The van der Waals surface area contributed by atoms with Crippen molar-refractivity contribution in [2.45, 2.75) is 10.9 Å². The number of benzene rings is 3. The minimum atomic E-state index is 0.414. The van der Waals surface area contributed by atoms with Crippen molar-refractivity contribution in [3.63, 3.8) is 0 Å². The topological polar surface area (TPSA) is 12.0 Å². The molecule has 0 aromatic heterocycles. The lowest BCUT2D eigenvalue weighted by atomic mass is 10.1. The van der Waals surface area contributed by atoms with Gasteiger partial charge < -0.3 is 5.32 Å². The first kappa shape index (κ1) is 11.9. The quantitative estimate of drug-likeness (QED) is 0.699. The number of rotatable bonds is 2. The van der Waals surface area contributed by atoms with Crippen LogP contribution in [0.15, 0.2) is 71.6 Å². The van der Waals surface area contributed by atoms with Crippen molar-refractivity contribution >= 4 is 28.2 Å². The first-order valence-corrected chi connectivity index (χ1v) is 7.86. The Morgan fingerprint density at radius 3 is 2.60 bits per heavy atom. The summed E-state index contributed by atoms with van der Waals surface area (Å²) in [5.74, 6) is 1.10. The summed E-state index contributed by atoms with van der Waals surface area (Å²) in [5, 5.41) is 6.25. The molecule has 1 nitrogen and oxygen atoms in total. The molecule has 3 aromatic rings. The smallest absolute Gasteiger partial charge is 0.0618 e. The van der Waals surface area contributed by atoms with Crippen molar-refractivity contribution in [2.75, 3.05) is 11.1 Å². The van der Waals surface area contributed by atoms with Crippen LogP contribution in [-0.4, -0.2) is 5.75 Å². The highest BCUT2D eigenvalue weighted by atomic mass is 32.2. The van der Waals surface area contributed by atoms with Crippen LogP contribution in [0.5, 0.6) is 0 Å². The minimum Gasteiger partial charge on any atom is -0.377 e. The molecular formula is C18H15NS. The summed E-state index contributed by atoms with van der Waals surface area (Å²) in [7, 11) is 0. The first-order chi connectivity index (χ1) is 9.90. The van der Waals surface area contributed by atoms with Crippen molar-refractivity contribution in [3.8, 4) is 0 Å². The van der Waals surface area contributed by atoms with Gasteiger partial charge in [-0.15, -0.1) is 11.8 Å². The highest BCUT2D eigenvalue weighted by molar-refractivity contribution is 7.99. The third-order valence-corrected chi connectivity index (χ3v) is 4.97. The molecule has 0 fully saturated rings. The Morgan fingerprint density at radius 1 is 0.850 bits per heavy atom. The highest BCUT2D eigenvalue weighted by Gasteiger charge is 2.22. The van der Waals surface area contributed by atoms with E-state index in [1.807, 2.05) is 11.8 Å². The van der Waals surface area contributed by atoms with Gasteiger partial charge in [-0.2, -0.15) is 0 Å². The molecule has 0 amide bonds. The third-order valence-electron chi connectivity index (χ3n) is 3.79. The average Bonchev–Trinajstić information content (AvgIpc) is 2.91. The van der Waals surface area contributed by atoms with E-state index in [1.165, 1.54) is 26.9 Å². The molecule has 2 heteroatoms. The Kier molecular flexibility index (Phi) is 2.89. The molecule has 1 aliphatic rings. The van der Waals surface area contributed by atoms with Gasteiger partial charge in [0.2, 0.25) is 0 Å². The van der Waals surface area contributed by atoms with Crippen LogP contribution in [-0.2, 0) is 0 Å². The van der Waals surface area contributed by atoms with Crippen molar-refractivity contribution < 1.29 is 0 Å². The Hall–Kier alpha value is -1.93. The summed E-state index contributed by atoms with van der Waals surface area (Å²) in [5.41, 5.74) is 2.62. The molecule has 20 heavy (non-hydrogen) atoms. The Labute approximate surface area is 123 Å². The van der Waals surface area contributed by atoms with E-state index in [-0.39, 0.29) is 0 Å². The second-order valence-electron chi connectivity index (χ2n) is 5.11. The molecule has 1 unspecified atom stereocenters. The number of fused-ring (bicyclic) bond motifs is 2. The van der Waals surface area contributed by atoms with Gasteiger partial charge in [0, 0.05) is 16.3 Å². The molecule has 98 valence electrons. The number of hydrogen-bond donors (Lipinski definition) is 1. The Bertz CT molecular complexity index is 766. The zero-order valence-corrected chi connectivity index (χ0v) is 11.9. The lowest BCUT2D eigenvalue weighted by molar-refractivity contribution is 0.901. The van der Waals surface area contributed by atoms with Crippen molar-refractivity contribution in [1.29, 1.82) is 0 Å². The van der Waals surface area contributed by atoms with Gasteiger partial charge in [-0.3, -0.25) is 0 Å². The number of thioether (sulfide) groups is 1. The van der Waals surface area contributed by atoms with E-state index in [4.69, 9.17) is 0 Å². The molecular weight excluding hydrogens is 262 g/mol. The Balaban J connectivity index is 1.65. The van der Waals surface area contributed by atoms with Crippen LogP contribution in [0.1, 0.15) is 11.6 Å². The van der Waals surface area contributed by atoms with Gasteiger partial charge in [0.25, 0.3) is 0 Å². The largest absolute Gasteiger partial charge is 0.377 e. The summed E-state index contributed by atoms with van der Waals surface area (Å²) >= 11 is 1.94. The zero-order chi connectivity index (χ0) is 13.4. The lowest BCUT2D eigenvalue weighted by Gasteiger charge is -2.15. The molecule has 0 aliphatic carbocycles. The van der Waals surface area contributed by atoms with Gasteiger partial charge in [-0.05, 0) is 34.5 Å². The van der Waals surface area contributed by atoms with E-state index >= 15 is 0 Å². The van der Waals surface area contributed by atoms with Crippen LogP contribution in [0.4, 0.5) is 5.69 Å². The number of anilines is 1. The molecule has 1 atom stereocenters. The van der Waals surface area contributed by atoms with Crippen LogP contribution in [0.2, 0.25) is 0 Å². The normalized spacial score (nSPS) is 17.1. The molecule has 0 bridgehead atoms. The molecule has 0 saturated heterocycles. The second kappa shape index (κ2) is 4.88. The summed E-state index contributed by atoms with van der Waals surface area (Å²) in [6.07, 6.45) is 0. The fraction of sp³-hybridized carbons (Fsp3) is 0.111. The highest BCUT2D eigenvalue weighted by Crippen LogP contribution is 2.39. The van der Waals surface area contributed by atoms with E-state index in [0.717, 1.165) is 5.75 Å². The van der Waals surface area contributed by atoms with E-state index in [9.17, 15) is 0 Å². The molecule has 0 radical (unpaired) electrons. The van der Waals surface area contributed by atoms with Crippen LogP contribution in [0, 0.1) is 0 Å². The Morgan fingerprint density at radius 2 is 1.65 bits per heavy atom. The first-order valence-electron chi connectivity index (χ1n) is 6.87. The van der Waals surface area contributed by atoms with Gasteiger partial charge in [0.05, 0.1) is 6.04 Å². The maximum atomic E-state index is 3.67. The predicted molar refractivity (Wildman–Crippen MR) is 87.5 cm³/mol. The van der Waals surface area contributed by atoms with Gasteiger partial charge in [-0.1, -0.05) is 48.5 Å². The van der Waals surface area contributed by atoms with Crippen LogP contribution >= 0.6 is 11.8 Å². The maximum absolute atomic E-state index is 3.67. The van der Waals surface area contributed by atoms with Crippen molar-refractivity contribution in [1.82, 2.24) is 0 Å². The van der Waals surface area contributed by atoms with E-state index in [2.05, 4.69) is 72.0 Å². The van der Waals surface area contributed by atoms with E-state index in [1.54, 1.807) is 0 Å². The average molecular weight is 277 g/mol. The predicted octanol–water partition coefficient (Wildman–Crippen LogP) is 5.10. The number of hydrogen-bond acceptors (Lipinski definition) is 2. The summed E-state index contributed by atoms with van der Waals surface area (Å²) in [4.78, 5) is 1.41. The summed E-state index contributed by atoms with van der Waals surface area (Å²) < 4.78 is 0. The summed E-state index contributed by atoms with van der Waals surface area (Å²) in [6, 6.07) is 24.2. The SMILES string of the molecule is c1ccc2c(c1)SCC2Nc1ccc2ccccc2c1. The second-order valence-corrected chi connectivity index (χ2v) is 6.17.